The number of anilines is 2. The molecule has 146 valence electrons. The zero-order valence-corrected chi connectivity index (χ0v) is 16.7. The first kappa shape index (κ1) is 18.6. The van der Waals surface area contributed by atoms with Crippen LogP contribution in [0.2, 0.25) is 0 Å². The summed E-state index contributed by atoms with van der Waals surface area (Å²) in [5, 5.41) is 12.9. The van der Waals surface area contributed by atoms with Crippen LogP contribution in [0.1, 0.15) is 44.2 Å². The fourth-order valence-electron chi connectivity index (χ4n) is 3.97. The van der Waals surface area contributed by atoms with Gasteiger partial charge in [-0.1, -0.05) is 0 Å². The van der Waals surface area contributed by atoms with E-state index in [9.17, 15) is 9.47 Å². The molecule has 1 N–H and O–H groups in total. The van der Waals surface area contributed by atoms with Crippen LogP contribution in [0.15, 0.2) is 4.90 Å². The number of hydrogen-bond acceptors (Lipinski definition) is 7. The van der Waals surface area contributed by atoms with Gasteiger partial charge in [0.25, 0.3) is 0 Å². The molecule has 1 aliphatic carbocycles. The van der Waals surface area contributed by atoms with E-state index in [1.54, 1.807) is 0 Å². The molecule has 2 fully saturated rings. The molecule has 0 amide bonds. The fraction of sp³-hybridized carbons (Fsp3) is 0.737. The van der Waals surface area contributed by atoms with Gasteiger partial charge in [0.15, 0.2) is 0 Å². The zero-order chi connectivity index (χ0) is 18.9. The van der Waals surface area contributed by atoms with E-state index in [0.717, 1.165) is 64.0 Å². The largest absolute Gasteiger partial charge is 0.381 e. The van der Waals surface area contributed by atoms with Crippen LogP contribution in [0.5, 0.6) is 0 Å². The van der Waals surface area contributed by atoms with Gasteiger partial charge in [0.1, 0.15) is 16.3 Å². The first-order valence-corrected chi connectivity index (χ1v) is 11.2. The summed E-state index contributed by atoms with van der Waals surface area (Å²) in [5.74, 6) is 2.55. The predicted molar refractivity (Wildman–Crippen MR) is 104 cm³/mol. The van der Waals surface area contributed by atoms with Crippen LogP contribution in [-0.4, -0.2) is 52.3 Å². The maximum Gasteiger partial charge on any atom is 0.227 e. The molecule has 0 bridgehead atoms. The minimum Gasteiger partial charge on any atom is -0.381 e. The van der Waals surface area contributed by atoms with E-state index in [2.05, 4.69) is 16.3 Å². The van der Waals surface area contributed by atoms with Gasteiger partial charge >= 0.3 is 0 Å². The Kier molecular flexibility index (Phi) is 5.33. The van der Waals surface area contributed by atoms with Crippen molar-refractivity contribution in [3.05, 3.63) is 5.69 Å². The highest BCUT2D eigenvalue weighted by Gasteiger charge is 2.39. The van der Waals surface area contributed by atoms with Gasteiger partial charge in [-0.25, -0.2) is 4.98 Å². The molecule has 2 aliphatic heterocycles. The lowest BCUT2D eigenvalue weighted by Crippen LogP contribution is -2.44. The summed E-state index contributed by atoms with van der Waals surface area (Å²) in [5.41, 5.74) is 0.304. The van der Waals surface area contributed by atoms with E-state index in [1.165, 1.54) is 0 Å². The van der Waals surface area contributed by atoms with Gasteiger partial charge in [-0.15, -0.1) is 0 Å². The molecular formula is C19H27N5O2S. The second-order valence-electron chi connectivity index (χ2n) is 7.89. The second kappa shape index (κ2) is 7.72. The topological polar surface area (TPSA) is 91.1 Å². The Hall–Kier alpha value is -1.72. The molecule has 1 saturated carbocycles. The van der Waals surface area contributed by atoms with Gasteiger partial charge in [-0.2, -0.15) is 10.2 Å². The Morgan fingerprint density at radius 2 is 2.15 bits per heavy atom. The maximum atomic E-state index is 12.5. The van der Waals surface area contributed by atoms with E-state index in [1.807, 2.05) is 7.05 Å². The minimum atomic E-state index is -1.08. The highest BCUT2D eigenvalue weighted by atomic mass is 32.2. The summed E-state index contributed by atoms with van der Waals surface area (Å²) in [6.45, 7) is 2.61. The van der Waals surface area contributed by atoms with Crippen molar-refractivity contribution < 1.29 is 8.95 Å². The van der Waals surface area contributed by atoms with Crippen LogP contribution in [0, 0.1) is 17.2 Å². The molecule has 3 aliphatic rings. The van der Waals surface area contributed by atoms with E-state index in [-0.39, 0.29) is 0 Å². The zero-order valence-electron chi connectivity index (χ0n) is 15.9. The van der Waals surface area contributed by atoms with Crippen molar-refractivity contribution in [3.8, 4) is 6.07 Å². The number of aryl methyl sites for hydroxylation is 1. The Balaban J connectivity index is 1.53. The van der Waals surface area contributed by atoms with Crippen LogP contribution in [0.25, 0.3) is 0 Å². The molecule has 0 radical (unpaired) electrons. The van der Waals surface area contributed by atoms with Gasteiger partial charge in [-0.05, 0) is 44.4 Å². The second-order valence-corrected chi connectivity index (χ2v) is 9.39. The van der Waals surface area contributed by atoms with Crippen molar-refractivity contribution in [2.75, 3.05) is 42.8 Å². The number of hydrogen-bond donors (Lipinski definition) is 1. The standard InChI is InChI=1S/C19H27N5O2S/c1-24(9-3-14-4-10-26-11-5-14)18-21-15-6-12-27(25)16(15)17(22-18)23-19(13-20)7-2-8-19/h14H,2-12H2,1H3,(H,21,22,23)/t27-/m1/s1. The van der Waals surface area contributed by atoms with E-state index < -0.39 is 16.3 Å². The summed E-state index contributed by atoms with van der Waals surface area (Å²) in [6.07, 6.45) is 6.70. The maximum absolute atomic E-state index is 12.5. The molecule has 4 rings (SSSR count). The Labute approximate surface area is 163 Å². The van der Waals surface area contributed by atoms with Crippen LogP contribution in [0.3, 0.4) is 0 Å². The van der Waals surface area contributed by atoms with Crippen LogP contribution >= 0.6 is 0 Å². The molecule has 8 heteroatoms. The molecule has 7 nitrogen and oxygen atoms in total. The summed E-state index contributed by atoms with van der Waals surface area (Å²) in [7, 11) is 0.932. The van der Waals surface area contributed by atoms with Crippen molar-refractivity contribution >= 4 is 22.6 Å². The normalized spacial score (nSPS) is 23.9. The smallest absolute Gasteiger partial charge is 0.227 e. The summed E-state index contributed by atoms with van der Waals surface area (Å²) in [4.78, 5) is 12.2. The summed E-state index contributed by atoms with van der Waals surface area (Å²) in [6, 6.07) is 2.39. The number of fused-ring (bicyclic) bond motifs is 1. The van der Waals surface area contributed by atoms with E-state index >= 15 is 0 Å². The Morgan fingerprint density at radius 3 is 2.81 bits per heavy atom. The molecular weight excluding hydrogens is 362 g/mol. The number of rotatable bonds is 6. The third-order valence-electron chi connectivity index (χ3n) is 6.01. The lowest BCUT2D eigenvalue weighted by atomic mass is 9.78. The minimum absolute atomic E-state index is 0.563. The lowest BCUT2D eigenvalue weighted by molar-refractivity contribution is 0.0645. The fourth-order valence-corrected chi connectivity index (χ4v) is 5.28. The van der Waals surface area contributed by atoms with Gasteiger partial charge in [0.2, 0.25) is 5.95 Å². The van der Waals surface area contributed by atoms with Crippen molar-refractivity contribution in [1.82, 2.24) is 9.97 Å². The first-order chi connectivity index (χ1) is 13.1. The number of aromatic nitrogens is 2. The molecule has 1 aromatic rings. The van der Waals surface area contributed by atoms with Gasteiger partial charge in [0.05, 0.1) is 22.6 Å². The molecule has 0 spiro atoms. The molecule has 27 heavy (non-hydrogen) atoms. The van der Waals surface area contributed by atoms with Gasteiger partial charge in [0, 0.05) is 39.0 Å². The number of nitrogens with one attached hydrogen (secondary N) is 1. The monoisotopic (exact) mass is 389 g/mol. The highest BCUT2D eigenvalue weighted by Crippen LogP contribution is 2.38. The van der Waals surface area contributed by atoms with Crippen LogP contribution in [-0.2, 0) is 22.0 Å². The Morgan fingerprint density at radius 1 is 1.37 bits per heavy atom. The average molecular weight is 390 g/mol. The molecule has 0 unspecified atom stereocenters. The van der Waals surface area contributed by atoms with E-state index in [4.69, 9.17) is 14.7 Å². The SMILES string of the molecule is CN(CCC1CCOCC1)c1nc2c(c(NC3(C#N)CCC3)n1)[S@](=O)CC2. The Bertz CT molecular complexity index is 768. The number of ether oxygens (including phenoxy) is 1. The van der Waals surface area contributed by atoms with Crippen molar-refractivity contribution in [2.24, 2.45) is 5.92 Å². The predicted octanol–water partition coefficient (Wildman–Crippen LogP) is 2.25. The molecule has 0 aromatic carbocycles. The summed E-state index contributed by atoms with van der Waals surface area (Å²) >= 11 is 0. The van der Waals surface area contributed by atoms with Crippen LogP contribution in [0.4, 0.5) is 11.8 Å². The third kappa shape index (κ3) is 3.81. The number of nitrogens with zero attached hydrogens (tertiary/aromatic N) is 4. The van der Waals surface area contributed by atoms with Gasteiger partial charge in [-0.3, -0.25) is 4.21 Å². The van der Waals surface area contributed by atoms with Crippen molar-refractivity contribution in [3.63, 3.8) is 0 Å². The first-order valence-electron chi connectivity index (χ1n) is 9.88. The van der Waals surface area contributed by atoms with E-state index in [0.29, 0.717) is 34.8 Å². The third-order valence-corrected chi connectivity index (χ3v) is 7.47. The quantitative estimate of drug-likeness (QED) is 0.798. The highest BCUT2D eigenvalue weighted by molar-refractivity contribution is 7.85. The lowest BCUT2D eigenvalue weighted by Gasteiger charge is -2.36. The molecule has 1 saturated heterocycles. The number of nitriles is 1. The van der Waals surface area contributed by atoms with Gasteiger partial charge < -0.3 is 15.0 Å². The van der Waals surface area contributed by atoms with Crippen molar-refractivity contribution in [1.29, 1.82) is 5.26 Å². The molecule has 3 heterocycles. The van der Waals surface area contributed by atoms with Crippen molar-refractivity contribution in [2.45, 2.75) is 55.4 Å². The van der Waals surface area contributed by atoms with Crippen LogP contribution < -0.4 is 10.2 Å². The molecule has 1 atom stereocenters. The average Bonchev–Trinajstić information content (AvgIpc) is 3.04. The molecule has 1 aromatic heterocycles. The summed E-state index contributed by atoms with van der Waals surface area (Å²) < 4.78 is 17.9.